The molecule has 0 N–H and O–H groups in total. The summed E-state index contributed by atoms with van der Waals surface area (Å²) in [6.07, 6.45) is -3.34. The standard InChI is InChI=1S/C21H18F3NO3/c22-21(23,24)15-5-3-4-14(12-15)19(27)25-10-8-20(9-11-25)13-17(26)16-6-1-2-7-18(16)28-20/h1-7,12H,8-11,13H2. The van der Waals surface area contributed by atoms with Gasteiger partial charge in [-0.3, -0.25) is 9.59 Å². The number of Topliss-reactive ketones (excluding diaryl/α,β-unsaturated/α-hetero) is 1. The van der Waals surface area contributed by atoms with Crippen molar-refractivity contribution >= 4 is 11.7 Å². The van der Waals surface area contributed by atoms with Crippen molar-refractivity contribution in [2.75, 3.05) is 13.1 Å². The normalized spacial score (nSPS) is 18.5. The first kappa shape index (κ1) is 18.5. The third-order valence-corrected chi connectivity index (χ3v) is 5.40. The van der Waals surface area contributed by atoms with Crippen LogP contribution in [-0.4, -0.2) is 35.3 Å². The molecule has 4 rings (SSSR count). The second-order valence-electron chi connectivity index (χ2n) is 7.25. The third-order valence-electron chi connectivity index (χ3n) is 5.40. The molecule has 0 aromatic heterocycles. The number of fused-ring (bicyclic) bond motifs is 1. The van der Waals surface area contributed by atoms with Gasteiger partial charge in [-0.1, -0.05) is 18.2 Å². The van der Waals surface area contributed by atoms with E-state index in [0.717, 1.165) is 12.1 Å². The Labute approximate surface area is 159 Å². The summed E-state index contributed by atoms with van der Waals surface area (Å²) in [4.78, 5) is 26.6. The van der Waals surface area contributed by atoms with Crippen molar-refractivity contribution in [2.24, 2.45) is 0 Å². The topological polar surface area (TPSA) is 46.6 Å². The summed E-state index contributed by atoms with van der Waals surface area (Å²) >= 11 is 0. The van der Waals surface area contributed by atoms with Gasteiger partial charge in [0.1, 0.15) is 11.4 Å². The van der Waals surface area contributed by atoms with Crippen molar-refractivity contribution in [3.63, 3.8) is 0 Å². The lowest BCUT2D eigenvalue weighted by molar-refractivity contribution is -0.137. The van der Waals surface area contributed by atoms with E-state index in [0.29, 0.717) is 37.2 Å². The van der Waals surface area contributed by atoms with Crippen LogP contribution in [-0.2, 0) is 6.18 Å². The highest BCUT2D eigenvalue weighted by molar-refractivity contribution is 6.00. The molecule has 146 valence electrons. The van der Waals surface area contributed by atoms with Gasteiger partial charge in [0, 0.05) is 31.5 Å². The van der Waals surface area contributed by atoms with Crippen molar-refractivity contribution in [1.82, 2.24) is 4.90 Å². The zero-order valence-corrected chi connectivity index (χ0v) is 15.0. The molecule has 1 saturated heterocycles. The summed E-state index contributed by atoms with van der Waals surface area (Å²) in [6.45, 7) is 0.648. The van der Waals surface area contributed by atoms with Crippen molar-refractivity contribution in [3.8, 4) is 5.75 Å². The Morgan fingerprint density at radius 1 is 1.04 bits per heavy atom. The van der Waals surface area contributed by atoms with Crippen molar-refractivity contribution in [2.45, 2.75) is 31.0 Å². The van der Waals surface area contributed by atoms with Crippen molar-refractivity contribution < 1.29 is 27.5 Å². The fraction of sp³-hybridized carbons (Fsp3) is 0.333. The van der Waals surface area contributed by atoms with E-state index in [9.17, 15) is 22.8 Å². The highest BCUT2D eigenvalue weighted by Gasteiger charge is 2.43. The van der Waals surface area contributed by atoms with Crippen molar-refractivity contribution in [1.29, 1.82) is 0 Å². The maximum atomic E-state index is 12.9. The van der Waals surface area contributed by atoms with Gasteiger partial charge >= 0.3 is 6.18 Å². The molecule has 7 heteroatoms. The molecule has 1 amide bonds. The largest absolute Gasteiger partial charge is 0.486 e. The zero-order valence-electron chi connectivity index (χ0n) is 15.0. The van der Waals surface area contributed by atoms with Gasteiger partial charge in [0.2, 0.25) is 0 Å². The van der Waals surface area contributed by atoms with Crippen LogP contribution in [0.4, 0.5) is 13.2 Å². The minimum atomic E-state index is -4.49. The Bertz CT molecular complexity index is 930. The molecule has 2 aliphatic heterocycles. The van der Waals surface area contributed by atoms with Crippen LogP contribution in [0.3, 0.4) is 0 Å². The van der Waals surface area contributed by atoms with Gasteiger partial charge in [0.05, 0.1) is 17.5 Å². The number of ether oxygens (including phenoxy) is 1. The fourth-order valence-electron chi connectivity index (χ4n) is 3.85. The Morgan fingerprint density at radius 2 is 1.75 bits per heavy atom. The molecule has 0 unspecified atom stereocenters. The number of carbonyl (C=O) groups excluding carboxylic acids is 2. The highest BCUT2D eigenvalue weighted by Crippen LogP contribution is 2.39. The first-order valence-corrected chi connectivity index (χ1v) is 9.05. The van der Waals surface area contributed by atoms with Crippen LogP contribution in [0, 0.1) is 0 Å². The summed E-state index contributed by atoms with van der Waals surface area (Å²) in [5.41, 5.74) is -0.923. The number of alkyl halides is 3. The Morgan fingerprint density at radius 3 is 2.46 bits per heavy atom. The molecule has 2 aromatic rings. The molecule has 0 saturated carbocycles. The van der Waals surface area contributed by atoms with Gasteiger partial charge in [-0.15, -0.1) is 0 Å². The number of piperidine rings is 1. The number of halogens is 3. The molecular formula is C21H18F3NO3. The van der Waals surface area contributed by atoms with E-state index in [-0.39, 0.29) is 17.8 Å². The van der Waals surface area contributed by atoms with Gasteiger partial charge in [0.25, 0.3) is 5.91 Å². The Balaban J connectivity index is 1.48. The van der Waals surface area contributed by atoms with Crippen LogP contribution in [0.5, 0.6) is 5.75 Å². The highest BCUT2D eigenvalue weighted by atomic mass is 19.4. The quantitative estimate of drug-likeness (QED) is 0.729. The maximum Gasteiger partial charge on any atom is 0.416 e. The number of amides is 1. The minimum absolute atomic E-state index is 0.0109. The average molecular weight is 389 g/mol. The van der Waals surface area contributed by atoms with Crippen molar-refractivity contribution in [3.05, 3.63) is 65.2 Å². The number of ketones is 1. The van der Waals surface area contributed by atoms with E-state index in [1.165, 1.54) is 17.0 Å². The molecule has 2 aliphatic rings. The fourth-order valence-corrected chi connectivity index (χ4v) is 3.85. The van der Waals surface area contributed by atoms with Crippen LogP contribution in [0.25, 0.3) is 0 Å². The zero-order chi connectivity index (χ0) is 19.9. The maximum absolute atomic E-state index is 12.9. The minimum Gasteiger partial charge on any atom is -0.486 e. The molecule has 0 atom stereocenters. The van der Waals surface area contributed by atoms with E-state index in [1.54, 1.807) is 24.3 Å². The molecule has 1 spiro atoms. The molecule has 1 fully saturated rings. The number of nitrogens with zero attached hydrogens (tertiary/aromatic N) is 1. The van der Waals surface area contributed by atoms with Crippen LogP contribution < -0.4 is 4.74 Å². The predicted octanol–water partition coefficient (Wildman–Crippen LogP) is 4.35. The number of rotatable bonds is 1. The summed E-state index contributed by atoms with van der Waals surface area (Å²) in [5, 5.41) is 0. The summed E-state index contributed by atoms with van der Waals surface area (Å²) in [5.74, 6) is 0.124. The lowest BCUT2D eigenvalue weighted by atomic mass is 9.82. The van der Waals surface area contributed by atoms with Gasteiger partial charge in [-0.05, 0) is 30.3 Å². The summed E-state index contributed by atoms with van der Waals surface area (Å²) in [6, 6.07) is 11.5. The molecule has 2 heterocycles. The molecule has 2 aromatic carbocycles. The monoisotopic (exact) mass is 389 g/mol. The van der Waals surface area contributed by atoms with E-state index in [2.05, 4.69) is 0 Å². The summed E-state index contributed by atoms with van der Waals surface area (Å²) < 4.78 is 44.8. The van der Waals surface area contributed by atoms with Crippen LogP contribution in [0.1, 0.15) is 45.5 Å². The van der Waals surface area contributed by atoms with Crippen LogP contribution >= 0.6 is 0 Å². The van der Waals surface area contributed by atoms with E-state index in [4.69, 9.17) is 4.74 Å². The Hall–Kier alpha value is -2.83. The molecular weight excluding hydrogens is 371 g/mol. The number of para-hydroxylation sites is 1. The number of carbonyl (C=O) groups is 2. The molecule has 0 aliphatic carbocycles. The number of hydrogen-bond donors (Lipinski definition) is 0. The number of benzene rings is 2. The van der Waals surface area contributed by atoms with Gasteiger partial charge < -0.3 is 9.64 Å². The lowest BCUT2D eigenvalue weighted by Gasteiger charge is -2.44. The van der Waals surface area contributed by atoms with Gasteiger partial charge in [0.15, 0.2) is 5.78 Å². The lowest BCUT2D eigenvalue weighted by Crippen LogP contribution is -2.52. The predicted molar refractivity (Wildman–Crippen MR) is 95.3 cm³/mol. The first-order valence-electron chi connectivity index (χ1n) is 9.05. The number of likely N-dealkylation sites (tertiary alicyclic amines) is 1. The SMILES string of the molecule is O=C1CC2(CCN(C(=O)c3cccc(C(F)(F)F)c3)CC2)Oc2ccccc21. The number of hydrogen-bond acceptors (Lipinski definition) is 3. The Kier molecular flexibility index (Phi) is 4.40. The second-order valence-corrected chi connectivity index (χ2v) is 7.25. The third kappa shape index (κ3) is 3.37. The molecule has 0 bridgehead atoms. The molecule has 4 nitrogen and oxygen atoms in total. The smallest absolute Gasteiger partial charge is 0.416 e. The first-order chi connectivity index (χ1) is 13.3. The van der Waals surface area contributed by atoms with Gasteiger partial charge in [-0.25, -0.2) is 0 Å². The average Bonchev–Trinajstić information content (AvgIpc) is 2.67. The summed E-state index contributed by atoms with van der Waals surface area (Å²) in [7, 11) is 0. The van der Waals surface area contributed by atoms with Crippen LogP contribution in [0.2, 0.25) is 0 Å². The van der Waals surface area contributed by atoms with E-state index < -0.39 is 23.2 Å². The van der Waals surface area contributed by atoms with E-state index in [1.807, 2.05) is 0 Å². The molecule has 28 heavy (non-hydrogen) atoms. The molecule has 0 radical (unpaired) electrons. The van der Waals surface area contributed by atoms with Crippen LogP contribution in [0.15, 0.2) is 48.5 Å². The van der Waals surface area contributed by atoms with Gasteiger partial charge in [-0.2, -0.15) is 13.2 Å². The van der Waals surface area contributed by atoms with E-state index >= 15 is 0 Å². The second kappa shape index (κ2) is 6.65.